The van der Waals surface area contributed by atoms with E-state index in [9.17, 15) is 4.79 Å². The predicted molar refractivity (Wildman–Crippen MR) is 115 cm³/mol. The minimum Gasteiger partial charge on any atom is -0.440 e. The third-order valence-electron chi connectivity index (χ3n) is 5.71. The van der Waals surface area contributed by atoms with Crippen molar-refractivity contribution in [3.05, 3.63) is 65.0 Å². The van der Waals surface area contributed by atoms with Crippen molar-refractivity contribution in [1.82, 2.24) is 29.9 Å². The van der Waals surface area contributed by atoms with E-state index in [0.29, 0.717) is 34.4 Å². The number of halogens is 1. The first-order valence-corrected chi connectivity index (χ1v) is 10.6. The Hall–Kier alpha value is -3.26. The van der Waals surface area contributed by atoms with Gasteiger partial charge in [0.25, 0.3) is 5.91 Å². The molecule has 0 N–H and O–H groups in total. The number of aromatic nitrogens is 5. The number of carbonyl (C=O) groups excluding carboxylic acids is 1. The molecule has 9 heteroatoms. The lowest BCUT2D eigenvalue weighted by Crippen LogP contribution is -2.45. The molecule has 31 heavy (non-hydrogen) atoms. The summed E-state index contributed by atoms with van der Waals surface area (Å²) in [6.07, 6.45) is 4.89. The summed E-state index contributed by atoms with van der Waals surface area (Å²) < 4.78 is 5.99. The Balaban J connectivity index is 1.47. The monoisotopic (exact) mass is 436 g/mol. The number of benzene rings is 1. The Morgan fingerprint density at radius 2 is 1.94 bits per heavy atom. The van der Waals surface area contributed by atoms with Gasteiger partial charge in [-0.15, -0.1) is 4.80 Å². The highest BCUT2D eigenvalue weighted by molar-refractivity contribution is 6.31. The lowest BCUT2D eigenvalue weighted by atomic mass is 9.93. The summed E-state index contributed by atoms with van der Waals surface area (Å²) in [5.41, 5.74) is 3.09. The van der Waals surface area contributed by atoms with Gasteiger partial charge in [0.05, 0.1) is 18.3 Å². The summed E-state index contributed by atoms with van der Waals surface area (Å²) >= 11 is 6.08. The summed E-state index contributed by atoms with van der Waals surface area (Å²) in [5.74, 6) is 0.489. The number of amides is 1. The fourth-order valence-corrected chi connectivity index (χ4v) is 4.19. The molecule has 1 fully saturated rings. The Labute approximate surface area is 183 Å². The van der Waals surface area contributed by atoms with E-state index in [2.05, 4.69) is 27.1 Å². The van der Waals surface area contributed by atoms with Gasteiger partial charge in [-0.1, -0.05) is 11.6 Å². The van der Waals surface area contributed by atoms with Crippen LogP contribution in [0.25, 0.3) is 16.8 Å². The van der Waals surface area contributed by atoms with Gasteiger partial charge in [-0.3, -0.25) is 4.79 Å². The Morgan fingerprint density at radius 3 is 2.74 bits per heavy atom. The molecule has 8 nitrogen and oxygen atoms in total. The van der Waals surface area contributed by atoms with Crippen LogP contribution in [0.5, 0.6) is 0 Å². The van der Waals surface area contributed by atoms with Crippen LogP contribution in [0.4, 0.5) is 0 Å². The highest BCUT2D eigenvalue weighted by Crippen LogP contribution is 2.33. The Kier molecular flexibility index (Phi) is 4.94. The molecule has 5 rings (SSSR count). The first-order valence-electron chi connectivity index (χ1n) is 10.2. The summed E-state index contributed by atoms with van der Waals surface area (Å²) in [4.78, 5) is 26.1. The van der Waals surface area contributed by atoms with Gasteiger partial charge in [0.15, 0.2) is 17.2 Å². The Morgan fingerprint density at radius 1 is 1.13 bits per heavy atom. The average Bonchev–Trinajstić information content (AvgIpc) is 3.43. The van der Waals surface area contributed by atoms with Crippen LogP contribution >= 0.6 is 11.6 Å². The molecule has 4 aromatic rings. The van der Waals surface area contributed by atoms with Gasteiger partial charge in [0, 0.05) is 29.4 Å². The van der Waals surface area contributed by atoms with Crippen LogP contribution in [0.3, 0.4) is 0 Å². The van der Waals surface area contributed by atoms with Crippen molar-refractivity contribution in [3.63, 3.8) is 0 Å². The molecular formula is C22H21ClN6O2. The molecule has 3 aromatic heterocycles. The van der Waals surface area contributed by atoms with Crippen LogP contribution in [0.1, 0.15) is 47.8 Å². The van der Waals surface area contributed by atoms with Gasteiger partial charge < -0.3 is 9.32 Å². The number of fused-ring (bicyclic) bond motifs is 1. The first-order chi connectivity index (χ1) is 15.0. The minimum absolute atomic E-state index is 0.00223. The number of piperidine rings is 1. The number of nitrogens with zero attached hydrogens (tertiary/aromatic N) is 6. The van der Waals surface area contributed by atoms with Crippen LogP contribution in [-0.2, 0) is 0 Å². The molecular weight excluding hydrogens is 416 g/mol. The maximum Gasteiger partial charge on any atom is 0.275 e. The zero-order valence-electron chi connectivity index (χ0n) is 17.2. The molecule has 0 spiro atoms. The lowest BCUT2D eigenvalue weighted by molar-refractivity contribution is 0.0591. The van der Waals surface area contributed by atoms with Crippen LogP contribution in [-0.4, -0.2) is 48.4 Å². The quantitative estimate of drug-likeness (QED) is 0.478. The number of hydrogen-bond acceptors (Lipinski definition) is 6. The van der Waals surface area contributed by atoms with Crippen LogP contribution in [0, 0.1) is 6.92 Å². The van der Waals surface area contributed by atoms with E-state index in [4.69, 9.17) is 16.0 Å². The van der Waals surface area contributed by atoms with E-state index in [1.165, 1.54) is 4.80 Å². The third kappa shape index (κ3) is 3.67. The molecule has 1 amide bonds. The number of aryl methyl sites for hydroxylation is 1. The van der Waals surface area contributed by atoms with Gasteiger partial charge in [-0.05, 0) is 51.0 Å². The van der Waals surface area contributed by atoms with Crippen molar-refractivity contribution in [3.8, 4) is 5.69 Å². The normalized spacial score (nSPS) is 19.1. The van der Waals surface area contributed by atoms with E-state index in [0.717, 1.165) is 24.1 Å². The standard InChI is InChI=1S/C22H21ClN6O2/c1-13-3-8-18(29-24-9-10-25-29)20(26-13)22(30)28-12-15(5-4-14(28)2)21-27-17-7-6-16(23)11-19(17)31-21/h3,6-11,14-15H,4-5,12H2,1-2H3/t14-,15-/m1/s1. The van der Waals surface area contributed by atoms with Crippen molar-refractivity contribution < 1.29 is 9.21 Å². The average molecular weight is 437 g/mol. The van der Waals surface area contributed by atoms with Gasteiger partial charge in [0.1, 0.15) is 11.2 Å². The number of rotatable bonds is 3. The van der Waals surface area contributed by atoms with E-state index >= 15 is 0 Å². The molecule has 1 aliphatic heterocycles. The molecule has 0 unspecified atom stereocenters. The van der Waals surface area contributed by atoms with Crippen molar-refractivity contribution in [2.45, 2.75) is 38.6 Å². The van der Waals surface area contributed by atoms with Crippen molar-refractivity contribution in [1.29, 1.82) is 0 Å². The molecule has 4 heterocycles. The van der Waals surface area contributed by atoms with E-state index in [1.807, 2.05) is 30.0 Å². The van der Waals surface area contributed by atoms with E-state index in [-0.39, 0.29) is 17.9 Å². The summed E-state index contributed by atoms with van der Waals surface area (Å²) in [5, 5.41) is 8.96. The molecule has 2 atom stereocenters. The fraction of sp³-hybridized carbons (Fsp3) is 0.318. The zero-order valence-corrected chi connectivity index (χ0v) is 18.0. The summed E-state index contributed by atoms with van der Waals surface area (Å²) in [6.45, 7) is 4.42. The number of likely N-dealkylation sites (tertiary alicyclic amines) is 1. The minimum atomic E-state index is -0.146. The van der Waals surface area contributed by atoms with Crippen LogP contribution in [0.15, 0.2) is 47.1 Å². The molecule has 1 aromatic carbocycles. The smallest absolute Gasteiger partial charge is 0.275 e. The van der Waals surface area contributed by atoms with Crippen LogP contribution < -0.4 is 0 Å². The maximum absolute atomic E-state index is 13.6. The maximum atomic E-state index is 13.6. The molecule has 0 saturated carbocycles. The fourth-order valence-electron chi connectivity index (χ4n) is 4.03. The number of carbonyl (C=O) groups is 1. The number of oxazole rings is 1. The second-order valence-electron chi connectivity index (χ2n) is 7.88. The molecule has 1 aliphatic rings. The van der Waals surface area contributed by atoms with Crippen molar-refractivity contribution in [2.75, 3.05) is 6.54 Å². The number of hydrogen-bond donors (Lipinski definition) is 0. The van der Waals surface area contributed by atoms with Crippen molar-refractivity contribution >= 4 is 28.6 Å². The van der Waals surface area contributed by atoms with E-state index < -0.39 is 0 Å². The lowest BCUT2D eigenvalue weighted by Gasteiger charge is -2.37. The second kappa shape index (κ2) is 7.77. The van der Waals surface area contributed by atoms with E-state index in [1.54, 1.807) is 24.5 Å². The summed E-state index contributed by atoms with van der Waals surface area (Å²) in [6, 6.07) is 9.15. The largest absolute Gasteiger partial charge is 0.440 e. The Bertz CT molecular complexity index is 1250. The molecule has 1 saturated heterocycles. The predicted octanol–water partition coefficient (Wildman–Crippen LogP) is 4.17. The molecule has 158 valence electrons. The molecule has 0 radical (unpaired) electrons. The highest BCUT2D eigenvalue weighted by atomic mass is 35.5. The van der Waals surface area contributed by atoms with Gasteiger partial charge in [-0.2, -0.15) is 10.2 Å². The highest BCUT2D eigenvalue weighted by Gasteiger charge is 2.34. The molecule has 0 bridgehead atoms. The number of pyridine rings is 1. The van der Waals surface area contributed by atoms with Gasteiger partial charge >= 0.3 is 0 Å². The van der Waals surface area contributed by atoms with Crippen molar-refractivity contribution in [2.24, 2.45) is 0 Å². The second-order valence-corrected chi connectivity index (χ2v) is 8.32. The van der Waals surface area contributed by atoms with Gasteiger partial charge in [-0.25, -0.2) is 9.97 Å². The molecule has 0 aliphatic carbocycles. The summed E-state index contributed by atoms with van der Waals surface area (Å²) in [7, 11) is 0. The zero-order chi connectivity index (χ0) is 21.5. The SMILES string of the molecule is Cc1ccc(-n2nccn2)c(C(=O)N2C[C@H](c3nc4ccc(Cl)cc4o3)CC[C@H]2C)n1. The first kappa shape index (κ1) is 19.7. The topological polar surface area (TPSA) is 89.9 Å². The third-order valence-corrected chi connectivity index (χ3v) is 5.94. The van der Waals surface area contributed by atoms with Gasteiger partial charge in [0.2, 0.25) is 0 Å². The van der Waals surface area contributed by atoms with Crippen LogP contribution in [0.2, 0.25) is 5.02 Å².